The van der Waals surface area contributed by atoms with Gasteiger partial charge in [0.25, 0.3) is 11.8 Å². The van der Waals surface area contributed by atoms with E-state index in [2.05, 4.69) is 15.2 Å². The van der Waals surface area contributed by atoms with Crippen LogP contribution in [-0.2, 0) is 6.42 Å². The van der Waals surface area contributed by atoms with E-state index in [1.807, 2.05) is 60.7 Å². The Morgan fingerprint density at radius 2 is 1.77 bits per heavy atom. The van der Waals surface area contributed by atoms with Crippen molar-refractivity contribution in [2.24, 2.45) is 0 Å². The van der Waals surface area contributed by atoms with Crippen LogP contribution < -0.4 is 0 Å². The van der Waals surface area contributed by atoms with Crippen LogP contribution in [0.15, 0.2) is 71.3 Å². The van der Waals surface area contributed by atoms with E-state index in [9.17, 15) is 9.59 Å². The summed E-state index contributed by atoms with van der Waals surface area (Å²) in [6.45, 7) is 0.301. The number of para-hydroxylation sites is 1. The van der Waals surface area contributed by atoms with E-state index in [0.717, 1.165) is 16.5 Å². The van der Waals surface area contributed by atoms with Crippen molar-refractivity contribution in [3.8, 4) is 11.5 Å². The highest BCUT2D eigenvalue weighted by Crippen LogP contribution is 2.36. The van der Waals surface area contributed by atoms with Crippen LogP contribution in [0.4, 0.5) is 0 Å². The minimum Gasteiger partial charge on any atom is -0.454 e. The molecular weight excluding hydrogens is 392 g/mol. The molecule has 31 heavy (non-hydrogen) atoms. The Bertz CT molecular complexity index is 1450. The number of benzene rings is 2. The maximum atomic E-state index is 13.3. The third-order valence-electron chi connectivity index (χ3n) is 5.66. The first-order valence-electron chi connectivity index (χ1n) is 9.97. The number of nitrogens with one attached hydrogen (secondary N) is 1. The van der Waals surface area contributed by atoms with Crippen LogP contribution >= 0.6 is 0 Å². The second kappa shape index (κ2) is 6.63. The molecule has 5 aromatic rings. The van der Waals surface area contributed by atoms with Crippen molar-refractivity contribution >= 4 is 33.8 Å². The third-order valence-corrected chi connectivity index (χ3v) is 5.66. The lowest BCUT2D eigenvalue weighted by Crippen LogP contribution is -2.31. The average Bonchev–Trinajstić information content (AvgIpc) is 3.48. The molecule has 2 amide bonds. The summed E-state index contributed by atoms with van der Waals surface area (Å²) in [7, 11) is 0. The minimum atomic E-state index is -0.331. The summed E-state index contributed by atoms with van der Waals surface area (Å²) in [6.07, 6.45) is 2.02. The highest BCUT2D eigenvalue weighted by atomic mass is 16.3. The van der Waals surface area contributed by atoms with Gasteiger partial charge in [0, 0.05) is 18.1 Å². The molecule has 7 heteroatoms. The number of carbonyl (C=O) groups excluding carboxylic acids is 2. The fourth-order valence-electron chi connectivity index (χ4n) is 4.12. The summed E-state index contributed by atoms with van der Waals surface area (Å²) in [5.41, 5.74) is 3.33. The van der Waals surface area contributed by atoms with Crippen LogP contribution in [0.3, 0.4) is 0 Å². The number of H-pyrrole nitrogens is 1. The summed E-state index contributed by atoms with van der Waals surface area (Å²) in [5.74, 6) is -0.119. The van der Waals surface area contributed by atoms with E-state index < -0.39 is 0 Å². The molecule has 0 unspecified atom stereocenters. The second-order valence-corrected chi connectivity index (χ2v) is 7.49. The fraction of sp³-hybridized carbons (Fsp3) is 0.0833. The topological polar surface area (TPSA) is 92.1 Å². The molecule has 1 aliphatic heterocycles. The van der Waals surface area contributed by atoms with Crippen molar-refractivity contribution in [3.63, 3.8) is 0 Å². The number of furan rings is 1. The molecule has 0 saturated carbocycles. The number of aromatic amines is 1. The lowest BCUT2D eigenvalue weighted by Gasteiger charge is -2.13. The van der Waals surface area contributed by atoms with Gasteiger partial charge in [-0.2, -0.15) is 5.10 Å². The molecule has 0 atom stereocenters. The third kappa shape index (κ3) is 2.67. The molecule has 6 rings (SSSR count). The molecule has 0 bridgehead atoms. The largest absolute Gasteiger partial charge is 0.454 e. The van der Waals surface area contributed by atoms with Crippen LogP contribution in [0, 0.1) is 0 Å². The van der Waals surface area contributed by atoms with E-state index in [1.54, 1.807) is 0 Å². The van der Waals surface area contributed by atoms with Crippen LogP contribution in [0.2, 0.25) is 0 Å². The Morgan fingerprint density at radius 1 is 0.968 bits per heavy atom. The summed E-state index contributed by atoms with van der Waals surface area (Å²) in [4.78, 5) is 31.9. The molecule has 0 fully saturated rings. The van der Waals surface area contributed by atoms with Gasteiger partial charge in [0.05, 0.1) is 16.5 Å². The predicted octanol–water partition coefficient (Wildman–Crippen LogP) is 4.21. The summed E-state index contributed by atoms with van der Waals surface area (Å²) in [6, 6.07) is 19.3. The van der Waals surface area contributed by atoms with E-state index >= 15 is 0 Å². The fourth-order valence-corrected chi connectivity index (χ4v) is 4.12. The van der Waals surface area contributed by atoms with E-state index in [1.165, 1.54) is 11.1 Å². The number of amides is 2. The average molecular weight is 408 g/mol. The predicted molar refractivity (Wildman–Crippen MR) is 115 cm³/mol. The zero-order chi connectivity index (χ0) is 20.9. The molecule has 150 valence electrons. The van der Waals surface area contributed by atoms with Gasteiger partial charge in [-0.25, -0.2) is 4.98 Å². The highest BCUT2D eigenvalue weighted by Gasteiger charge is 2.39. The van der Waals surface area contributed by atoms with Gasteiger partial charge >= 0.3 is 0 Å². The van der Waals surface area contributed by atoms with Gasteiger partial charge in [0.1, 0.15) is 11.3 Å². The van der Waals surface area contributed by atoms with Crippen LogP contribution in [0.5, 0.6) is 0 Å². The monoisotopic (exact) mass is 408 g/mol. The SMILES string of the molecule is O=C1c2cnc3n[nH]c(-c4cc5ccccc5o4)c3c2C(=O)N1CCc1ccccc1. The second-order valence-electron chi connectivity index (χ2n) is 7.49. The molecule has 1 aliphatic rings. The molecule has 0 aliphatic carbocycles. The van der Waals surface area contributed by atoms with Crippen molar-refractivity contribution in [2.75, 3.05) is 6.54 Å². The summed E-state index contributed by atoms with van der Waals surface area (Å²) >= 11 is 0. The highest BCUT2D eigenvalue weighted by molar-refractivity contribution is 6.27. The molecular formula is C24H16N4O3. The first-order chi connectivity index (χ1) is 15.2. The van der Waals surface area contributed by atoms with Crippen LogP contribution in [-0.4, -0.2) is 38.4 Å². The molecule has 4 heterocycles. The van der Waals surface area contributed by atoms with Crippen LogP contribution in [0.1, 0.15) is 26.3 Å². The van der Waals surface area contributed by atoms with Gasteiger partial charge in [-0.3, -0.25) is 19.6 Å². The molecule has 2 aromatic carbocycles. The Hall–Kier alpha value is -4.26. The van der Waals surface area contributed by atoms with Gasteiger partial charge in [-0.1, -0.05) is 48.5 Å². The standard InChI is InChI=1S/C24H16N4O3/c29-23-16-13-25-22-20(19(16)24(30)28(23)11-10-14-6-2-1-3-7-14)21(26-27-22)18-12-15-8-4-5-9-17(15)31-18/h1-9,12-13H,10-11H2,(H,25,26,27). The van der Waals surface area contributed by atoms with E-state index in [0.29, 0.717) is 46.6 Å². The van der Waals surface area contributed by atoms with Crippen molar-refractivity contribution < 1.29 is 14.0 Å². The number of imide groups is 1. The van der Waals surface area contributed by atoms with Crippen molar-refractivity contribution in [2.45, 2.75) is 6.42 Å². The summed E-state index contributed by atoms with van der Waals surface area (Å²) < 4.78 is 5.97. The first kappa shape index (κ1) is 17.6. The number of nitrogens with zero attached hydrogens (tertiary/aromatic N) is 3. The minimum absolute atomic E-state index is 0.296. The molecule has 0 saturated heterocycles. The Balaban J connectivity index is 1.43. The number of hydrogen-bond donors (Lipinski definition) is 1. The first-order valence-corrected chi connectivity index (χ1v) is 9.97. The molecule has 7 nitrogen and oxygen atoms in total. The van der Waals surface area contributed by atoms with Gasteiger partial charge in [0.15, 0.2) is 11.4 Å². The van der Waals surface area contributed by atoms with Gasteiger partial charge in [0.2, 0.25) is 0 Å². The molecule has 0 radical (unpaired) electrons. The zero-order valence-corrected chi connectivity index (χ0v) is 16.3. The number of carbonyl (C=O) groups is 2. The number of hydrogen-bond acceptors (Lipinski definition) is 5. The van der Waals surface area contributed by atoms with E-state index in [4.69, 9.17) is 4.42 Å². The quantitative estimate of drug-likeness (QED) is 0.450. The number of rotatable bonds is 4. The normalized spacial score (nSPS) is 13.5. The zero-order valence-electron chi connectivity index (χ0n) is 16.3. The molecule has 3 aromatic heterocycles. The maximum absolute atomic E-state index is 13.3. The van der Waals surface area contributed by atoms with Crippen molar-refractivity contribution in [1.82, 2.24) is 20.1 Å². The smallest absolute Gasteiger partial charge is 0.263 e. The number of aromatic nitrogens is 3. The van der Waals surface area contributed by atoms with Gasteiger partial charge < -0.3 is 4.42 Å². The maximum Gasteiger partial charge on any atom is 0.263 e. The van der Waals surface area contributed by atoms with Gasteiger partial charge in [-0.15, -0.1) is 0 Å². The Morgan fingerprint density at radius 3 is 2.61 bits per heavy atom. The van der Waals surface area contributed by atoms with E-state index in [-0.39, 0.29) is 11.8 Å². The number of fused-ring (bicyclic) bond motifs is 4. The van der Waals surface area contributed by atoms with Crippen molar-refractivity contribution in [3.05, 3.63) is 83.6 Å². The lowest BCUT2D eigenvalue weighted by molar-refractivity contribution is 0.0656. The Kier molecular flexibility index (Phi) is 3.76. The summed E-state index contributed by atoms with van der Waals surface area (Å²) in [5, 5.41) is 8.63. The van der Waals surface area contributed by atoms with Crippen molar-refractivity contribution in [1.29, 1.82) is 0 Å². The number of pyridine rings is 1. The lowest BCUT2D eigenvalue weighted by atomic mass is 10.1. The Labute approximate surface area is 176 Å². The van der Waals surface area contributed by atoms with Gasteiger partial charge in [-0.05, 0) is 24.1 Å². The van der Waals surface area contributed by atoms with Crippen LogP contribution in [0.25, 0.3) is 33.5 Å². The molecule has 0 spiro atoms. The molecule has 1 N–H and O–H groups in total.